The van der Waals surface area contributed by atoms with Crippen molar-refractivity contribution < 1.29 is 4.79 Å². The average Bonchev–Trinajstić information content (AvgIpc) is 2.66. The van der Waals surface area contributed by atoms with E-state index in [0.717, 1.165) is 25.7 Å². The van der Waals surface area contributed by atoms with Gasteiger partial charge in [-0.05, 0) is 12.8 Å². The van der Waals surface area contributed by atoms with Gasteiger partial charge in [0.15, 0.2) is 5.82 Å². The van der Waals surface area contributed by atoms with Gasteiger partial charge in [0, 0.05) is 5.41 Å². The fourth-order valence-corrected chi connectivity index (χ4v) is 2.20. The van der Waals surface area contributed by atoms with E-state index in [1.807, 2.05) is 6.92 Å². The fraction of sp³-hybridized carbons (Fsp3) is 0.545. The Morgan fingerprint density at radius 3 is 2.75 bits per heavy atom. The molecule has 0 spiro atoms. The van der Waals surface area contributed by atoms with Crippen LogP contribution in [0.1, 0.15) is 32.6 Å². The van der Waals surface area contributed by atoms with Crippen molar-refractivity contribution in [2.24, 2.45) is 5.41 Å². The molecule has 5 heteroatoms. The van der Waals surface area contributed by atoms with E-state index in [0.29, 0.717) is 5.82 Å². The summed E-state index contributed by atoms with van der Waals surface area (Å²) in [6.07, 6.45) is 7.05. The van der Waals surface area contributed by atoms with Crippen molar-refractivity contribution in [1.82, 2.24) is 9.97 Å². The molecule has 1 aliphatic carbocycles. The van der Waals surface area contributed by atoms with Crippen molar-refractivity contribution in [2.45, 2.75) is 32.6 Å². The molecule has 0 radical (unpaired) electrons. The van der Waals surface area contributed by atoms with Crippen molar-refractivity contribution in [3.63, 3.8) is 0 Å². The van der Waals surface area contributed by atoms with E-state index in [9.17, 15) is 4.79 Å². The molecule has 4 nitrogen and oxygen atoms in total. The second-order valence-electron chi connectivity index (χ2n) is 4.45. The zero-order valence-electron chi connectivity index (χ0n) is 9.16. The Balaban J connectivity index is 2.07. The van der Waals surface area contributed by atoms with Crippen LogP contribution in [0.3, 0.4) is 0 Å². The van der Waals surface area contributed by atoms with Crippen molar-refractivity contribution in [2.75, 3.05) is 5.32 Å². The molecule has 0 atom stereocenters. The second kappa shape index (κ2) is 4.37. The topological polar surface area (TPSA) is 54.9 Å². The highest BCUT2D eigenvalue weighted by molar-refractivity contribution is 6.29. The van der Waals surface area contributed by atoms with Crippen molar-refractivity contribution in [1.29, 1.82) is 0 Å². The quantitative estimate of drug-likeness (QED) is 0.863. The lowest BCUT2D eigenvalue weighted by atomic mass is 9.88. The molecule has 0 aromatic carbocycles. The van der Waals surface area contributed by atoms with Crippen LogP contribution in [-0.2, 0) is 4.79 Å². The van der Waals surface area contributed by atoms with Crippen molar-refractivity contribution >= 4 is 23.3 Å². The van der Waals surface area contributed by atoms with Gasteiger partial charge in [-0.1, -0.05) is 31.4 Å². The maximum absolute atomic E-state index is 12.0. The smallest absolute Gasteiger partial charge is 0.231 e. The summed E-state index contributed by atoms with van der Waals surface area (Å²) >= 11 is 5.70. The molecular weight excluding hydrogens is 226 g/mol. The normalized spacial score (nSPS) is 18.4. The zero-order chi connectivity index (χ0) is 11.6. The summed E-state index contributed by atoms with van der Waals surface area (Å²) in [4.78, 5) is 19.9. The van der Waals surface area contributed by atoms with Crippen LogP contribution in [-0.4, -0.2) is 15.9 Å². The molecular formula is C11H14ClN3O. The Bertz CT molecular complexity index is 402. The fourth-order valence-electron chi connectivity index (χ4n) is 2.05. The molecule has 16 heavy (non-hydrogen) atoms. The number of carbonyl (C=O) groups is 1. The van der Waals surface area contributed by atoms with E-state index in [4.69, 9.17) is 11.6 Å². The first-order valence-corrected chi connectivity index (χ1v) is 5.77. The van der Waals surface area contributed by atoms with Gasteiger partial charge in [-0.15, -0.1) is 0 Å². The first-order chi connectivity index (χ1) is 7.60. The van der Waals surface area contributed by atoms with Crippen LogP contribution in [0.5, 0.6) is 0 Å². The molecule has 0 bridgehead atoms. The van der Waals surface area contributed by atoms with Crippen LogP contribution in [0.4, 0.5) is 5.82 Å². The van der Waals surface area contributed by atoms with Crippen LogP contribution in [0, 0.1) is 5.41 Å². The summed E-state index contributed by atoms with van der Waals surface area (Å²) in [5.74, 6) is 0.437. The van der Waals surface area contributed by atoms with E-state index >= 15 is 0 Å². The standard InChI is InChI=1S/C11H14ClN3O/c1-11(4-2-3-5-11)10(16)15-9-7-13-6-8(12)14-9/h6-7H,2-5H2,1H3,(H,14,15,16). The summed E-state index contributed by atoms with van der Waals surface area (Å²) in [7, 11) is 0. The van der Waals surface area contributed by atoms with Crippen LogP contribution in [0.15, 0.2) is 12.4 Å². The van der Waals surface area contributed by atoms with Gasteiger partial charge in [0.25, 0.3) is 0 Å². The predicted octanol–water partition coefficient (Wildman–Crippen LogP) is 2.65. The van der Waals surface area contributed by atoms with Gasteiger partial charge in [-0.3, -0.25) is 9.78 Å². The van der Waals surface area contributed by atoms with Gasteiger partial charge in [0.05, 0.1) is 12.4 Å². The Kier molecular flexibility index (Phi) is 3.10. The van der Waals surface area contributed by atoms with E-state index in [2.05, 4.69) is 15.3 Å². The zero-order valence-corrected chi connectivity index (χ0v) is 9.92. The first-order valence-electron chi connectivity index (χ1n) is 5.39. The molecule has 0 aliphatic heterocycles. The number of halogens is 1. The predicted molar refractivity (Wildman–Crippen MR) is 62.2 cm³/mol. The second-order valence-corrected chi connectivity index (χ2v) is 4.84. The maximum atomic E-state index is 12.0. The molecule has 1 N–H and O–H groups in total. The number of carbonyl (C=O) groups excluding carboxylic acids is 1. The summed E-state index contributed by atoms with van der Waals surface area (Å²) in [6.45, 7) is 1.99. The van der Waals surface area contributed by atoms with Crippen molar-refractivity contribution in [3.8, 4) is 0 Å². The van der Waals surface area contributed by atoms with Crippen LogP contribution < -0.4 is 5.32 Å². The molecule has 1 saturated carbocycles. The largest absolute Gasteiger partial charge is 0.309 e. The SMILES string of the molecule is CC1(C(=O)Nc2cncc(Cl)n2)CCCC1. The molecule has 1 fully saturated rings. The summed E-state index contributed by atoms with van der Waals surface area (Å²) in [5, 5.41) is 3.05. The Morgan fingerprint density at radius 1 is 1.44 bits per heavy atom. The number of rotatable bonds is 2. The number of hydrogen-bond acceptors (Lipinski definition) is 3. The molecule has 1 aromatic heterocycles. The van der Waals surface area contributed by atoms with E-state index in [1.54, 1.807) is 0 Å². The highest BCUT2D eigenvalue weighted by Gasteiger charge is 2.36. The van der Waals surface area contributed by atoms with Crippen LogP contribution >= 0.6 is 11.6 Å². The third kappa shape index (κ3) is 2.32. The van der Waals surface area contributed by atoms with Crippen LogP contribution in [0.2, 0.25) is 5.15 Å². The van der Waals surface area contributed by atoms with Crippen molar-refractivity contribution in [3.05, 3.63) is 17.5 Å². The number of amides is 1. The molecule has 1 heterocycles. The Morgan fingerprint density at radius 2 is 2.12 bits per heavy atom. The highest BCUT2D eigenvalue weighted by atomic mass is 35.5. The van der Waals surface area contributed by atoms with Crippen LogP contribution in [0.25, 0.3) is 0 Å². The van der Waals surface area contributed by atoms with Gasteiger partial charge in [0.1, 0.15) is 5.15 Å². The average molecular weight is 240 g/mol. The molecule has 2 rings (SSSR count). The maximum Gasteiger partial charge on any atom is 0.231 e. The summed E-state index contributed by atoms with van der Waals surface area (Å²) in [5.41, 5.74) is -0.260. The third-order valence-corrected chi connectivity index (χ3v) is 3.28. The minimum absolute atomic E-state index is 0.0153. The lowest BCUT2D eigenvalue weighted by Gasteiger charge is -2.21. The van der Waals surface area contributed by atoms with E-state index in [1.165, 1.54) is 12.4 Å². The summed E-state index contributed by atoms with van der Waals surface area (Å²) < 4.78 is 0. The van der Waals surface area contributed by atoms with Gasteiger partial charge in [-0.25, -0.2) is 4.98 Å². The Labute approximate surface area is 99.4 Å². The third-order valence-electron chi connectivity index (χ3n) is 3.10. The summed E-state index contributed by atoms with van der Waals surface area (Å²) in [6, 6.07) is 0. The number of aromatic nitrogens is 2. The minimum Gasteiger partial charge on any atom is -0.309 e. The molecule has 0 unspecified atom stereocenters. The molecule has 0 saturated heterocycles. The van der Waals surface area contributed by atoms with Gasteiger partial charge < -0.3 is 5.32 Å². The number of nitrogens with zero attached hydrogens (tertiary/aromatic N) is 2. The highest BCUT2D eigenvalue weighted by Crippen LogP contribution is 2.38. The number of hydrogen-bond donors (Lipinski definition) is 1. The first kappa shape index (κ1) is 11.3. The van der Waals surface area contributed by atoms with Gasteiger partial charge >= 0.3 is 0 Å². The molecule has 1 amide bonds. The molecule has 86 valence electrons. The lowest BCUT2D eigenvalue weighted by molar-refractivity contribution is -0.124. The van der Waals surface area contributed by atoms with Gasteiger partial charge in [0.2, 0.25) is 5.91 Å². The number of anilines is 1. The monoisotopic (exact) mass is 239 g/mol. The Hall–Kier alpha value is -1.16. The van der Waals surface area contributed by atoms with E-state index in [-0.39, 0.29) is 16.5 Å². The lowest BCUT2D eigenvalue weighted by Crippen LogP contribution is -2.31. The molecule has 1 aromatic rings. The van der Waals surface area contributed by atoms with Gasteiger partial charge in [-0.2, -0.15) is 0 Å². The molecule has 1 aliphatic rings. The minimum atomic E-state index is -0.260. The van der Waals surface area contributed by atoms with E-state index < -0.39 is 0 Å². The number of nitrogens with one attached hydrogen (secondary N) is 1.